The lowest BCUT2D eigenvalue weighted by atomic mass is 10.0. The van der Waals surface area contributed by atoms with Gasteiger partial charge in [-0.2, -0.15) is 0 Å². The third-order valence-corrected chi connectivity index (χ3v) is 5.03. The molecule has 0 bridgehead atoms. The normalized spacial score (nSPS) is 17.2. The molecule has 1 saturated heterocycles. The number of aromatic nitrogens is 4. The zero-order valence-corrected chi connectivity index (χ0v) is 14.4. The number of ether oxygens (including phenoxy) is 1. The highest BCUT2D eigenvalue weighted by Crippen LogP contribution is 2.33. The van der Waals surface area contributed by atoms with Gasteiger partial charge >= 0.3 is 0 Å². The second-order valence-corrected chi connectivity index (χ2v) is 6.70. The quantitative estimate of drug-likeness (QED) is 0.787. The summed E-state index contributed by atoms with van der Waals surface area (Å²) in [6, 6.07) is 6.67. The Balaban J connectivity index is 1.41. The van der Waals surface area contributed by atoms with Crippen LogP contribution in [-0.2, 0) is 11.2 Å². The smallest absolute Gasteiger partial charge is 0.223 e. The maximum Gasteiger partial charge on any atom is 0.223 e. The molecule has 0 radical (unpaired) electrons. The van der Waals surface area contributed by atoms with Crippen molar-refractivity contribution in [2.75, 3.05) is 18.5 Å². The van der Waals surface area contributed by atoms with Crippen LogP contribution in [0.2, 0.25) is 0 Å². The summed E-state index contributed by atoms with van der Waals surface area (Å²) in [6.07, 6.45) is 10.4. The number of rotatable bonds is 3. The molecule has 2 aromatic heterocycles. The molecule has 5 rings (SSSR count). The Bertz CT molecular complexity index is 994. The minimum atomic E-state index is 0.399. The molecule has 3 aromatic rings. The molecule has 3 heterocycles. The molecule has 26 heavy (non-hydrogen) atoms. The summed E-state index contributed by atoms with van der Waals surface area (Å²) in [5.41, 5.74) is 5.48. The monoisotopic (exact) mass is 345 g/mol. The fourth-order valence-electron chi connectivity index (χ4n) is 3.63. The predicted octanol–water partition coefficient (Wildman–Crippen LogP) is 3.00. The van der Waals surface area contributed by atoms with Crippen LogP contribution in [0.1, 0.15) is 29.7 Å². The zero-order valence-electron chi connectivity index (χ0n) is 14.4. The van der Waals surface area contributed by atoms with Gasteiger partial charge in [0.2, 0.25) is 5.95 Å². The first kappa shape index (κ1) is 15.4. The Morgan fingerprint density at radius 1 is 1.08 bits per heavy atom. The van der Waals surface area contributed by atoms with Gasteiger partial charge < -0.3 is 10.1 Å². The number of benzene rings is 1. The fourth-order valence-corrected chi connectivity index (χ4v) is 3.63. The van der Waals surface area contributed by atoms with Crippen molar-refractivity contribution in [1.82, 2.24) is 19.9 Å². The Morgan fingerprint density at radius 2 is 2.00 bits per heavy atom. The number of hydrogen-bond donors (Lipinski definition) is 1. The standard InChI is InChI=1S/C20H19N5O/c1-3-18-14(10-21-12-23-18)9-13(1)16-2-4-19-17(16)11-22-20(25-19)24-15-5-7-26-8-6-15/h1-3,9-12,15H,4-8H2,(H,22,24,25). The molecule has 6 nitrogen and oxygen atoms in total. The van der Waals surface area contributed by atoms with Crippen molar-refractivity contribution < 1.29 is 4.74 Å². The molecule has 130 valence electrons. The van der Waals surface area contributed by atoms with Gasteiger partial charge in [-0.25, -0.2) is 19.9 Å². The SMILES string of the molecule is C1=C(c2ccc3ncncc3c2)c2cnc(NC3CCOCC3)nc2C1. The maximum absolute atomic E-state index is 5.41. The van der Waals surface area contributed by atoms with Crippen molar-refractivity contribution in [2.24, 2.45) is 0 Å². The van der Waals surface area contributed by atoms with Crippen molar-refractivity contribution in [2.45, 2.75) is 25.3 Å². The highest BCUT2D eigenvalue weighted by molar-refractivity contribution is 5.89. The summed E-state index contributed by atoms with van der Waals surface area (Å²) in [4.78, 5) is 17.7. The molecular formula is C20H19N5O. The molecule has 0 unspecified atom stereocenters. The van der Waals surface area contributed by atoms with E-state index in [2.05, 4.69) is 38.5 Å². The molecule has 1 N–H and O–H groups in total. The molecule has 1 fully saturated rings. The molecule has 1 aromatic carbocycles. The number of allylic oxidation sites excluding steroid dienone is 1. The fraction of sp³-hybridized carbons (Fsp3) is 0.300. The van der Waals surface area contributed by atoms with Gasteiger partial charge in [-0.05, 0) is 36.1 Å². The van der Waals surface area contributed by atoms with E-state index in [1.54, 1.807) is 6.33 Å². The van der Waals surface area contributed by atoms with Gasteiger partial charge in [0.05, 0.1) is 11.2 Å². The second kappa shape index (κ2) is 6.46. The van der Waals surface area contributed by atoms with E-state index in [-0.39, 0.29) is 0 Å². The third kappa shape index (κ3) is 2.82. The number of fused-ring (bicyclic) bond motifs is 2. The van der Waals surface area contributed by atoms with Gasteiger partial charge in [-0.1, -0.05) is 12.1 Å². The summed E-state index contributed by atoms with van der Waals surface area (Å²) in [5, 5.41) is 4.49. The van der Waals surface area contributed by atoms with E-state index >= 15 is 0 Å². The van der Waals surface area contributed by atoms with Crippen molar-refractivity contribution in [3.8, 4) is 0 Å². The largest absolute Gasteiger partial charge is 0.381 e. The van der Waals surface area contributed by atoms with Crippen LogP contribution >= 0.6 is 0 Å². The highest BCUT2D eigenvalue weighted by Gasteiger charge is 2.20. The van der Waals surface area contributed by atoms with Crippen LogP contribution in [-0.4, -0.2) is 39.2 Å². The first-order chi connectivity index (χ1) is 12.9. The molecular weight excluding hydrogens is 326 g/mol. The first-order valence-corrected chi connectivity index (χ1v) is 8.98. The van der Waals surface area contributed by atoms with Crippen LogP contribution < -0.4 is 5.32 Å². The molecule has 2 aliphatic rings. The molecule has 0 atom stereocenters. The highest BCUT2D eigenvalue weighted by atomic mass is 16.5. The van der Waals surface area contributed by atoms with Crippen molar-refractivity contribution >= 4 is 22.4 Å². The third-order valence-electron chi connectivity index (χ3n) is 5.03. The van der Waals surface area contributed by atoms with Crippen LogP contribution in [0, 0.1) is 0 Å². The van der Waals surface area contributed by atoms with Gasteiger partial charge in [-0.3, -0.25) is 0 Å². The van der Waals surface area contributed by atoms with E-state index in [0.717, 1.165) is 66.1 Å². The van der Waals surface area contributed by atoms with Crippen LogP contribution in [0.4, 0.5) is 5.95 Å². The second-order valence-electron chi connectivity index (χ2n) is 6.70. The molecule has 6 heteroatoms. The van der Waals surface area contributed by atoms with Crippen LogP contribution in [0.5, 0.6) is 0 Å². The molecule has 0 amide bonds. The minimum Gasteiger partial charge on any atom is -0.381 e. The Morgan fingerprint density at radius 3 is 2.92 bits per heavy atom. The molecule has 0 spiro atoms. The lowest BCUT2D eigenvalue weighted by Gasteiger charge is -2.23. The topological polar surface area (TPSA) is 72.8 Å². The maximum atomic E-state index is 5.41. The number of hydrogen-bond acceptors (Lipinski definition) is 6. The number of anilines is 1. The van der Waals surface area contributed by atoms with E-state index in [4.69, 9.17) is 9.72 Å². The summed E-state index contributed by atoms with van der Waals surface area (Å²) in [6.45, 7) is 1.61. The number of nitrogens with one attached hydrogen (secondary N) is 1. The Hall–Kier alpha value is -2.86. The van der Waals surface area contributed by atoms with Gasteiger partial charge in [-0.15, -0.1) is 0 Å². The predicted molar refractivity (Wildman–Crippen MR) is 99.8 cm³/mol. The lowest BCUT2D eigenvalue weighted by Crippen LogP contribution is -2.28. The average molecular weight is 345 g/mol. The Labute approximate surface area is 151 Å². The van der Waals surface area contributed by atoms with E-state index in [9.17, 15) is 0 Å². The Kier molecular flexibility index (Phi) is 3.83. The van der Waals surface area contributed by atoms with E-state index in [0.29, 0.717) is 6.04 Å². The molecule has 0 saturated carbocycles. The van der Waals surface area contributed by atoms with Crippen molar-refractivity contribution in [1.29, 1.82) is 0 Å². The summed E-state index contributed by atoms with van der Waals surface area (Å²) in [5.74, 6) is 0.720. The van der Waals surface area contributed by atoms with Crippen molar-refractivity contribution in [3.05, 3.63) is 59.8 Å². The van der Waals surface area contributed by atoms with Crippen molar-refractivity contribution in [3.63, 3.8) is 0 Å². The zero-order chi connectivity index (χ0) is 17.3. The molecule has 1 aliphatic carbocycles. The summed E-state index contributed by atoms with van der Waals surface area (Å²) < 4.78 is 5.41. The lowest BCUT2D eigenvalue weighted by molar-refractivity contribution is 0.0903. The van der Waals surface area contributed by atoms with Gasteiger partial charge in [0.15, 0.2) is 0 Å². The molecule has 1 aliphatic heterocycles. The minimum absolute atomic E-state index is 0.399. The first-order valence-electron chi connectivity index (χ1n) is 8.98. The average Bonchev–Trinajstić information content (AvgIpc) is 3.12. The number of nitrogens with zero attached hydrogens (tertiary/aromatic N) is 4. The van der Waals surface area contributed by atoms with E-state index in [1.807, 2.05) is 18.5 Å². The van der Waals surface area contributed by atoms with Gasteiger partial charge in [0.25, 0.3) is 0 Å². The van der Waals surface area contributed by atoms with Crippen LogP contribution in [0.25, 0.3) is 16.5 Å². The van der Waals surface area contributed by atoms with E-state index in [1.165, 1.54) is 5.57 Å². The van der Waals surface area contributed by atoms with Crippen LogP contribution in [0.3, 0.4) is 0 Å². The van der Waals surface area contributed by atoms with E-state index < -0.39 is 0 Å². The summed E-state index contributed by atoms with van der Waals surface area (Å²) in [7, 11) is 0. The van der Waals surface area contributed by atoms with Crippen LogP contribution in [0.15, 0.2) is 43.0 Å². The van der Waals surface area contributed by atoms with Gasteiger partial charge in [0.1, 0.15) is 6.33 Å². The van der Waals surface area contributed by atoms with Gasteiger partial charge in [0, 0.05) is 49.0 Å². The summed E-state index contributed by atoms with van der Waals surface area (Å²) >= 11 is 0.